The fourth-order valence-electron chi connectivity index (χ4n) is 4.64. The summed E-state index contributed by atoms with van der Waals surface area (Å²) >= 11 is 0. The number of pyridine rings is 1. The highest BCUT2D eigenvalue weighted by Gasteiger charge is 2.33. The van der Waals surface area contributed by atoms with Crippen molar-refractivity contribution in [3.8, 4) is 5.75 Å². The Kier molecular flexibility index (Phi) is 6.27. The number of rotatable bonds is 10. The first-order chi connectivity index (χ1) is 16.5. The van der Waals surface area contributed by atoms with E-state index in [0.717, 1.165) is 54.7 Å². The molecule has 0 aliphatic heterocycles. The molecule has 1 N–H and O–H groups in total. The maximum absolute atomic E-state index is 13.6. The monoisotopic (exact) mass is 457 g/mol. The molecule has 0 unspecified atom stereocenters. The van der Waals surface area contributed by atoms with Gasteiger partial charge in [-0.05, 0) is 97.4 Å². The molecule has 0 amide bonds. The molecule has 3 aromatic rings. The van der Waals surface area contributed by atoms with Gasteiger partial charge in [0.25, 0.3) is 5.56 Å². The number of aromatic carboxylic acids is 1. The summed E-state index contributed by atoms with van der Waals surface area (Å²) in [5.41, 5.74) is 5.84. The van der Waals surface area contributed by atoms with Crippen molar-refractivity contribution < 1.29 is 14.6 Å². The summed E-state index contributed by atoms with van der Waals surface area (Å²) in [4.78, 5) is 24.7. The molecular weight excluding hydrogens is 426 g/mol. The fraction of sp³-hybridized carbons (Fsp3) is 0.379. The third-order valence-electron chi connectivity index (χ3n) is 7.00. The molecule has 0 radical (unpaired) electrons. The fourth-order valence-corrected chi connectivity index (χ4v) is 4.64. The highest BCUT2D eigenvalue weighted by Crippen LogP contribution is 2.45. The maximum atomic E-state index is 13.6. The lowest BCUT2D eigenvalue weighted by Gasteiger charge is -2.20. The maximum Gasteiger partial charge on any atom is 0.335 e. The zero-order chi connectivity index (χ0) is 23.7. The van der Waals surface area contributed by atoms with Crippen LogP contribution in [0.5, 0.6) is 5.75 Å². The molecule has 2 aliphatic carbocycles. The van der Waals surface area contributed by atoms with Crippen LogP contribution in [-0.4, -0.2) is 15.6 Å². The van der Waals surface area contributed by atoms with E-state index in [1.165, 1.54) is 11.1 Å². The van der Waals surface area contributed by atoms with E-state index in [1.807, 2.05) is 28.8 Å². The molecule has 34 heavy (non-hydrogen) atoms. The summed E-state index contributed by atoms with van der Waals surface area (Å²) in [5.74, 6) is 0.804. The van der Waals surface area contributed by atoms with Gasteiger partial charge in [-0.1, -0.05) is 31.2 Å². The number of aryl methyl sites for hydroxylation is 2. The van der Waals surface area contributed by atoms with Crippen LogP contribution < -0.4 is 10.3 Å². The summed E-state index contributed by atoms with van der Waals surface area (Å²) < 4.78 is 8.17. The molecule has 2 aliphatic rings. The average molecular weight is 458 g/mol. The second kappa shape index (κ2) is 9.49. The normalized spacial score (nSPS) is 15.3. The third-order valence-corrected chi connectivity index (χ3v) is 7.00. The molecule has 2 aromatic carbocycles. The predicted octanol–water partition coefficient (Wildman–Crippen LogP) is 5.69. The number of hydrogen-bond acceptors (Lipinski definition) is 3. The Bertz CT molecular complexity index is 1250. The minimum atomic E-state index is -0.930. The van der Waals surface area contributed by atoms with Gasteiger partial charge < -0.3 is 14.4 Å². The average Bonchev–Trinajstić information content (AvgIpc) is 3.76. The molecule has 1 aromatic heterocycles. The smallest absolute Gasteiger partial charge is 0.335 e. The van der Waals surface area contributed by atoms with Crippen LogP contribution in [0.25, 0.3) is 0 Å². The number of hydrogen-bond donors (Lipinski definition) is 1. The highest BCUT2D eigenvalue weighted by atomic mass is 16.5. The van der Waals surface area contributed by atoms with Crippen molar-refractivity contribution >= 4 is 5.97 Å². The van der Waals surface area contributed by atoms with E-state index >= 15 is 0 Å². The summed E-state index contributed by atoms with van der Waals surface area (Å²) in [6, 6.07) is 17.3. The van der Waals surface area contributed by atoms with Crippen LogP contribution in [0.4, 0.5) is 0 Å². The Morgan fingerprint density at radius 3 is 2.32 bits per heavy atom. The third kappa shape index (κ3) is 4.93. The Morgan fingerprint density at radius 2 is 1.68 bits per heavy atom. The summed E-state index contributed by atoms with van der Waals surface area (Å²) in [5, 5.41) is 9.16. The van der Waals surface area contributed by atoms with Crippen molar-refractivity contribution in [2.45, 2.75) is 70.4 Å². The zero-order valence-electron chi connectivity index (χ0n) is 19.6. The van der Waals surface area contributed by atoms with Crippen molar-refractivity contribution in [3.63, 3.8) is 0 Å². The van der Waals surface area contributed by atoms with Gasteiger partial charge in [0, 0.05) is 12.1 Å². The highest BCUT2D eigenvalue weighted by molar-refractivity contribution is 5.87. The molecule has 0 saturated heterocycles. The number of ether oxygens (including phenoxy) is 1. The SMILES string of the molecule is CCc1cccc(OCc2c(C3CC3)cc(C3CC3)c(=O)n2CCc2ccc(C(=O)O)cc2)c1. The van der Waals surface area contributed by atoms with Gasteiger partial charge in [0.15, 0.2) is 0 Å². The number of benzene rings is 2. The molecule has 0 spiro atoms. The molecule has 0 bridgehead atoms. The minimum absolute atomic E-state index is 0.106. The lowest BCUT2D eigenvalue weighted by Crippen LogP contribution is -2.29. The van der Waals surface area contributed by atoms with Crippen LogP contribution in [0.3, 0.4) is 0 Å². The van der Waals surface area contributed by atoms with Crippen molar-refractivity contribution in [2.75, 3.05) is 0 Å². The van der Waals surface area contributed by atoms with Crippen LogP contribution in [0, 0.1) is 0 Å². The van der Waals surface area contributed by atoms with Crippen LogP contribution in [0.2, 0.25) is 0 Å². The van der Waals surface area contributed by atoms with Crippen LogP contribution in [-0.2, 0) is 26.0 Å². The van der Waals surface area contributed by atoms with Crippen LogP contribution in [0.15, 0.2) is 59.4 Å². The number of carbonyl (C=O) groups is 1. The largest absolute Gasteiger partial charge is 0.487 e. The van der Waals surface area contributed by atoms with Crippen molar-refractivity contribution in [2.24, 2.45) is 0 Å². The molecule has 5 heteroatoms. The number of aromatic nitrogens is 1. The molecule has 176 valence electrons. The predicted molar refractivity (Wildman–Crippen MR) is 132 cm³/mol. The molecule has 2 fully saturated rings. The first-order valence-corrected chi connectivity index (χ1v) is 12.3. The Hall–Kier alpha value is -3.34. The molecule has 5 rings (SSSR count). The van der Waals surface area contributed by atoms with Gasteiger partial charge in [-0.25, -0.2) is 4.79 Å². The van der Waals surface area contributed by atoms with Crippen molar-refractivity contribution in [1.82, 2.24) is 4.57 Å². The van der Waals surface area contributed by atoms with Crippen LogP contribution in [0.1, 0.15) is 82.7 Å². The molecular formula is C29H31NO4. The molecule has 1 heterocycles. The van der Waals surface area contributed by atoms with E-state index in [-0.39, 0.29) is 11.1 Å². The zero-order valence-corrected chi connectivity index (χ0v) is 19.6. The van der Waals surface area contributed by atoms with Crippen LogP contribution >= 0.6 is 0 Å². The summed E-state index contributed by atoms with van der Waals surface area (Å²) in [7, 11) is 0. The van der Waals surface area contributed by atoms with E-state index in [9.17, 15) is 9.59 Å². The number of nitrogens with zero attached hydrogens (tertiary/aromatic N) is 1. The summed E-state index contributed by atoms with van der Waals surface area (Å²) in [6.45, 7) is 3.05. The minimum Gasteiger partial charge on any atom is -0.487 e. The van der Waals surface area contributed by atoms with Gasteiger partial charge in [-0.3, -0.25) is 4.79 Å². The Balaban J connectivity index is 1.46. The van der Waals surface area contributed by atoms with Gasteiger partial charge in [0.05, 0.1) is 11.3 Å². The first kappa shape index (κ1) is 22.5. The topological polar surface area (TPSA) is 68.5 Å². The van der Waals surface area contributed by atoms with E-state index in [4.69, 9.17) is 9.84 Å². The number of carboxylic acid groups (broad SMARTS) is 1. The standard InChI is InChI=1S/C29H31NO4/c1-2-19-4-3-5-24(16-19)34-18-27-25(21-10-11-21)17-26(22-12-13-22)28(31)30(27)15-14-20-6-8-23(9-7-20)29(32)33/h3-9,16-17,21-22H,2,10-15,18H2,1H3,(H,32,33). The second-order valence-corrected chi connectivity index (χ2v) is 9.55. The van der Waals surface area contributed by atoms with E-state index in [0.29, 0.717) is 31.4 Å². The van der Waals surface area contributed by atoms with E-state index < -0.39 is 5.97 Å². The molecule has 5 nitrogen and oxygen atoms in total. The summed E-state index contributed by atoms with van der Waals surface area (Å²) in [6.07, 6.45) is 6.13. The number of carboxylic acids is 1. The van der Waals surface area contributed by atoms with E-state index in [2.05, 4.69) is 25.1 Å². The lowest BCUT2D eigenvalue weighted by atomic mass is 10.0. The molecule has 2 saturated carbocycles. The van der Waals surface area contributed by atoms with Gasteiger partial charge in [0.2, 0.25) is 0 Å². The van der Waals surface area contributed by atoms with Gasteiger partial charge >= 0.3 is 5.97 Å². The Morgan fingerprint density at radius 1 is 0.971 bits per heavy atom. The van der Waals surface area contributed by atoms with Gasteiger partial charge in [-0.15, -0.1) is 0 Å². The first-order valence-electron chi connectivity index (χ1n) is 12.3. The van der Waals surface area contributed by atoms with Gasteiger partial charge in [-0.2, -0.15) is 0 Å². The Labute approximate surface area is 200 Å². The lowest BCUT2D eigenvalue weighted by molar-refractivity contribution is 0.0697. The van der Waals surface area contributed by atoms with Crippen molar-refractivity contribution in [3.05, 3.63) is 98.5 Å². The van der Waals surface area contributed by atoms with Gasteiger partial charge in [0.1, 0.15) is 12.4 Å². The van der Waals surface area contributed by atoms with Crippen molar-refractivity contribution in [1.29, 1.82) is 0 Å². The quantitative estimate of drug-likeness (QED) is 0.425. The van der Waals surface area contributed by atoms with E-state index in [1.54, 1.807) is 12.1 Å². The second-order valence-electron chi connectivity index (χ2n) is 9.55. The molecule has 0 atom stereocenters.